The number of nitrogens with zero attached hydrogens (tertiary/aromatic N) is 1. The van der Waals surface area contributed by atoms with Gasteiger partial charge in [-0.2, -0.15) is 0 Å². The molecule has 6 heteroatoms. The van der Waals surface area contributed by atoms with Gasteiger partial charge in [0.2, 0.25) is 10.0 Å². The first-order valence-electron chi connectivity index (χ1n) is 5.12. The van der Waals surface area contributed by atoms with Crippen LogP contribution in [0.15, 0.2) is 0 Å². The Morgan fingerprint density at radius 3 is 2.60 bits per heavy atom. The summed E-state index contributed by atoms with van der Waals surface area (Å²) in [6.07, 6.45) is 0. The molecule has 15 heavy (non-hydrogen) atoms. The van der Waals surface area contributed by atoms with Gasteiger partial charge in [-0.15, -0.1) is 0 Å². The molecule has 5 nitrogen and oxygen atoms in total. The maximum atomic E-state index is 11.6. The molecule has 0 spiro atoms. The number of likely N-dealkylation sites (N-methyl/N-ethyl adjacent to an activating group) is 1. The molecule has 2 unspecified atom stereocenters. The highest BCUT2D eigenvalue weighted by atomic mass is 32.2. The summed E-state index contributed by atoms with van der Waals surface area (Å²) in [5.74, 6) is 0.406. The molecule has 0 aromatic rings. The molecule has 1 N–H and O–H groups in total. The predicted molar refractivity (Wildman–Crippen MR) is 59.2 cm³/mol. The minimum Gasteiger partial charge on any atom is -0.384 e. The zero-order chi connectivity index (χ0) is 11.5. The molecule has 0 bridgehead atoms. The van der Waals surface area contributed by atoms with E-state index >= 15 is 0 Å². The third-order valence-corrected chi connectivity index (χ3v) is 4.05. The van der Waals surface area contributed by atoms with Gasteiger partial charge in [0.25, 0.3) is 0 Å². The van der Waals surface area contributed by atoms with E-state index in [0.717, 1.165) is 13.1 Å². The molecular weight excluding hydrogens is 216 g/mol. The van der Waals surface area contributed by atoms with Crippen LogP contribution < -0.4 is 4.72 Å². The van der Waals surface area contributed by atoms with E-state index in [1.165, 1.54) is 7.11 Å². The van der Waals surface area contributed by atoms with E-state index < -0.39 is 10.0 Å². The third-order valence-electron chi connectivity index (χ3n) is 2.68. The second-order valence-corrected chi connectivity index (χ2v) is 6.11. The van der Waals surface area contributed by atoms with Gasteiger partial charge in [0, 0.05) is 26.2 Å². The lowest BCUT2D eigenvalue weighted by Gasteiger charge is -2.16. The zero-order valence-electron chi connectivity index (χ0n) is 9.56. The van der Waals surface area contributed by atoms with Crippen LogP contribution in [-0.2, 0) is 14.8 Å². The zero-order valence-corrected chi connectivity index (χ0v) is 10.4. The van der Waals surface area contributed by atoms with Crippen molar-refractivity contribution in [2.75, 3.05) is 39.6 Å². The molecule has 90 valence electrons. The topological polar surface area (TPSA) is 58.6 Å². The number of rotatable bonds is 5. The predicted octanol–water partition coefficient (Wildman–Crippen LogP) is -0.498. The monoisotopic (exact) mass is 236 g/mol. The summed E-state index contributed by atoms with van der Waals surface area (Å²) in [6, 6.07) is 0.0388. The van der Waals surface area contributed by atoms with Crippen molar-refractivity contribution < 1.29 is 13.2 Å². The summed E-state index contributed by atoms with van der Waals surface area (Å²) in [7, 11) is 0.316. The van der Waals surface area contributed by atoms with E-state index in [0.29, 0.717) is 5.92 Å². The fourth-order valence-corrected chi connectivity index (χ4v) is 3.12. The second-order valence-electron chi connectivity index (χ2n) is 4.23. The number of methoxy groups -OCH3 is 1. The van der Waals surface area contributed by atoms with Crippen LogP contribution in [0, 0.1) is 5.92 Å². The average molecular weight is 236 g/mol. The Hall–Kier alpha value is -0.170. The number of likely N-dealkylation sites (tertiary alicyclic amines) is 1. The van der Waals surface area contributed by atoms with Crippen molar-refractivity contribution in [2.24, 2.45) is 5.92 Å². The highest BCUT2D eigenvalue weighted by Crippen LogP contribution is 2.15. The third kappa shape index (κ3) is 4.06. The molecule has 1 heterocycles. The normalized spacial score (nSPS) is 28.5. The maximum Gasteiger partial charge on any atom is 0.214 e. The SMILES string of the molecule is COCCS(=O)(=O)NC1CN(C)CC1C. The highest BCUT2D eigenvalue weighted by molar-refractivity contribution is 7.89. The van der Waals surface area contributed by atoms with Gasteiger partial charge < -0.3 is 9.64 Å². The van der Waals surface area contributed by atoms with Crippen LogP contribution in [0.4, 0.5) is 0 Å². The molecule has 1 rings (SSSR count). The van der Waals surface area contributed by atoms with Crippen LogP contribution in [0.1, 0.15) is 6.92 Å². The van der Waals surface area contributed by atoms with E-state index in [1.54, 1.807) is 0 Å². The van der Waals surface area contributed by atoms with Gasteiger partial charge >= 0.3 is 0 Å². The number of sulfonamides is 1. The second kappa shape index (κ2) is 5.25. The van der Waals surface area contributed by atoms with E-state index in [2.05, 4.69) is 16.5 Å². The van der Waals surface area contributed by atoms with E-state index in [9.17, 15) is 8.42 Å². The van der Waals surface area contributed by atoms with Gasteiger partial charge in [-0.3, -0.25) is 0 Å². The fraction of sp³-hybridized carbons (Fsp3) is 1.00. The molecule has 2 atom stereocenters. The van der Waals surface area contributed by atoms with E-state index in [4.69, 9.17) is 4.74 Å². The first-order chi connectivity index (χ1) is 6.94. The van der Waals surface area contributed by atoms with Gasteiger partial charge in [0.1, 0.15) is 0 Å². The molecule has 0 aromatic heterocycles. The summed E-state index contributed by atoms with van der Waals surface area (Å²) in [5.41, 5.74) is 0. The van der Waals surface area contributed by atoms with Crippen molar-refractivity contribution in [3.8, 4) is 0 Å². The molecule has 0 aromatic carbocycles. The van der Waals surface area contributed by atoms with Gasteiger partial charge in [0.15, 0.2) is 0 Å². The number of nitrogens with one attached hydrogen (secondary N) is 1. The molecular formula is C9H20N2O3S. The minimum absolute atomic E-state index is 0.0381. The lowest BCUT2D eigenvalue weighted by molar-refractivity contribution is 0.216. The minimum atomic E-state index is -3.19. The van der Waals surface area contributed by atoms with Gasteiger partial charge in [-0.1, -0.05) is 6.92 Å². The van der Waals surface area contributed by atoms with Crippen LogP contribution in [0.2, 0.25) is 0 Å². The van der Waals surface area contributed by atoms with Crippen molar-refractivity contribution in [3.05, 3.63) is 0 Å². The first-order valence-corrected chi connectivity index (χ1v) is 6.77. The van der Waals surface area contributed by atoms with E-state index in [1.807, 2.05) is 7.05 Å². The standard InChI is InChI=1S/C9H20N2O3S/c1-8-6-11(2)7-9(8)10-15(12,13)5-4-14-3/h8-10H,4-7H2,1-3H3. The summed E-state index contributed by atoms with van der Waals surface area (Å²) >= 11 is 0. The summed E-state index contributed by atoms with van der Waals surface area (Å²) in [6.45, 7) is 4.03. The van der Waals surface area contributed by atoms with E-state index in [-0.39, 0.29) is 18.4 Å². The van der Waals surface area contributed by atoms with Crippen molar-refractivity contribution >= 4 is 10.0 Å². The van der Waals surface area contributed by atoms with Gasteiger partial charge in [-0.25, -0.2) is 13.1 Å². The molecule has 1 fully saturated rings. The molecule has 1 aliphatic rings. The fourth-order valence-electron chi connectivity index (χ4n) is 1.85. The van der Waals surface area contributed by atoms with Crippen LogP contribution in [0.3, 0.4) is 0 Å². The molecule has 1 aliphatic heterocycles. The Bertz CT molecular complexity index is 292. The summed E-state index contributed by atoms with van der Waals surface area (Å²) < 4.78 is 30.7. The largest absolute Gasteiger partial charge is 0.384 e. The Morgan fingerprint density at radius 2 is 2.13 bits per heavy atom. The number of hydrogen-bond acceptors (Lipinski definition) is 4. The van der Waals surface area contributed by atoms with Crippen LogP contribution in [0.5, 0.6) is 0 Å². The Labute approximate surface area is 91.8 Å². The molecule has 1 saturated heterocycles. The van der Waals surface area contributed by atoms with Crippen molar-refractivity contribution in [1.82, 2.24) is 9.62 Å². The quantitative estimate of drug-likeness (QED) is 0.699. The summed E-state index contributed by atoms with van der Waals surface area (Å²) in [5, 5.41) is 0. The maximum absolute atomic E-state index is 11.6. The van der Waals surface area contributed by atoms with Crippen LogP contribution >= 0.6 is 0 Å². The lowest BCUT2D eigenvalue weighted by Crippen LogP contribution is -2.41. The Morgan fingerprint density at radius 1 is 1.47 bits per heavy atom. The molecule has 0 radical (unpaired) electrons. The Kier molecular flexibility index (Phi) is 4.51. The lowest BCUT2D eigenvalue weighted by atomic mass is 10.1. The first kappa shape index (κ1) is 12.9. The van der Waals surface area contributed by atoms with Crippen LogP contribution in [0.25, 0.3) is 0 Å². The van der Waals surface area contributed by atoms with Crippen molar-refractivity contribution in [1.29, 1.82) is 0 Å². The van der Waals surface area contributed by atoms with Crippen LogP contribution in [-0.4, -0.2) is 59.0 Å². The molecule has 0 aliphatic carbocycles. The smallest absolute Gasteiger partial charge is 0.214 e. The highest BCUT2D eigenvalue weighted by Gasteiger charge is 2.30. The van der Waals surface area contributed by atoms with Gasteiger partial charge in [0.05, 0.1) is 12.4 Å². The van der Waals surface area contributed by atoms with Crippen molar-refractivity contribution in [3.63, 3.8) is 0 Å². The molecule has 0 amide bonds. The Balaban J connectivity index is 2.47. The molecule has 0 saturated carbocycles. The number of hydrogen-bond donors (Lipinski definition) is 1. The van der Waals surface area contributed by atoms with Gasteiger partial charge in [-0.05, 0) is 13.0 Å². The van der Waals surface area contributed by atoms with Crippen molar-refractivity contribution in [2.45, 2.75) is 13.0 Å². The average Bonchev–Trinajstić information content (AvgIpc) is 2.41. The summed E-state index contributed by atoms with van der Waals surface area (Å²) in [4.78, 5) is 2.13. The number of ether oxygens (including phenoxy) is 1.